The van der Waals surface area contributed by atoms with Crippen molar-refractivity contribution in [3.05, 3.63) is 46.4 Å². The van der Waals surface area contributed by atoms with E-state index in [9.17, 15) is 4.79 Å². The van der Waals surface area contributed by atoms with Crippen LogP contribution < -0.4 is 30.4 Å². The zero-order chi connectivity index (χ0) is 26.2. The fourth-order valence-corrected chi connectivity index (χ4v) is 3.71. The first-order valence-electron chi connectivity index (χ1n) is 11.8. The molecule has 2 aromatic heterocycles. The molecule has 0 aliphatic heterocycles. The third-order valence-electron chi connectivity index (χ3n) is 5.51. The number of nitrogens with one attached hydrogen (secondary N) is 3. The smallest absolute Gasteiger partial charge is 0.260 e. The molecular formula is C25H30N6O6. The molecule has 0 fully saturated rings. The molecule has 4 N–H and O–H groups in total. The van der Waals surface area contributed by atoms with Crippen molar-refractivity contribution in [3.63, 3.8) is 0 Å². The molecule has 0 spiro atoms. The van der Waals surface area contributed by atoms with Gasteiger partial charge in [-0.05, 0) is 31.2 Å². The lowest BCUT2D eigenvalue weighted by atomic mass is 10.1. The quantitative estimate of drug-likeness (QED) is 0.195. The Morgan fingerprint density at radius 3 is 2.49 bits per heavy atom. The van der Waals surface area contributed by atoms with Crippen LogP contribution in [-0.4, -0.2) is 78.8 Å². The molecule has 0 atom stereocenters. The van der Waals surface area contributed by atoms with Gasteiger partial charge in [0.1, 0.15) is 12.4 Å². The third-order valence-corrected chi connectivity index (χ3v) is 5.51. The summed E-state index contributed by atoms with van der Waals surface area (Å²) in [7, 11) is 3.13. The summed E-state index contributed by atoms with van der Waals surface area (Å²) < 4.78 is 21.7. The number of fused-ring (bicyclic) bond motifs is 2. The van der Waals surface area contributed by atoms with Gasteiger partial charge in [-0.15, -0.1) is 0 Å². The first kappa shape index (κ1) is 26.1. The molecule has 4 aromatic rings. The number of nitrogens with zero attached hydrogens (tertiary/aromatic N) is 3. The monoisotopic (exact) mass is 510 g/mol. The number of H-pyrrole nitrogens is 1. The van der Waals surface area contributed by atoms with E-state index in [-0.39, 0.29) is 24.1 Å². The summed E-state index contributed by atoms with van der Waals surface area (Å²) in [4.78, 5) is 29.0. The molecule has 12 heteroatoms. The van der Waals surface area contributed by atoms with E-state index in [1.54, 1.807) is 38.5 Å². The lowest BCUT2D eigenvalue weighted by Gasteiger charge is -2.12. The Kier molecular flexibility index (Phi) is 8.67. The van der Waals surface area contributed by atoms with Gasteiger partial charge in [0.15, 0.2) is 11.5 Å². The standard InChI is InChI=1S/C25H30N6O6/c1-15-17-13-21(34-2)22(35-3)14-20(17)29-24(27-15)31-25-28-19-5-4-16(12-18(19)23(33)30-25)37-10-7-26-6-9-36-11-8-32/h4-5,12-14,26,32H,6-11H2,1-3H3,(H2,27,28,29,30,31,33). The van der Waals surface area contributed by atoms with Crippen LogP contribution in [0.15, 0.2) is 35.1 Å². The maximum absolute atomic E-state index is 12.8. The molecule has 0 aliphatic carbocycles. The minimum Gasteiger partial charge on any atom is -0.493 e. The number of aliphatic hydroxyl groups is 1. The number of aliphatic hydroxyl groups excluding tert-OH is 1. The minimum absolute atomic E-state index is 0.0131. The predicted molar refractivity (Wildman–Crippen MR) is 139 cm³/mol. The van der Waals surface area contributed by atoms with Gasteiger partial charge in [0, 0.05) is 24.5 Å². The average Bonchev–Trinajstić information content (AvgIpc) is 2.89. The van der Waals surface area contributed by atoms with Crippen molar-refractivity contribution in [3.8, 4) is 17.2 Å². The van der Waals surface area contributed by atoms with E-state index in [0.29, 0.717) is 66.6 Å². The van der Waals surface area contributed by atoms with Crippen molar-refractivity contribution in [2.45, 2.75) is 6.92 Å². The van der Waals surface area contributed by atoms with Gasteiger partial charge >= 0.3 is 0 Å². The lowest BCUT2D eigenvalue weighted by Crippen LogP contribution is -2.25. The highest BCUT2D eigenvalue weighted by Crippen LogP contribution is 2.33. The van der Waals surface area contributed by atoms with Gasteiger partial charge in [0.25, 0.3) is 5.56 Å². The number of ether oxygens (including phenoxy) is 4. The second kappa shape index (κ2) is 12.3. The van der Waals surface area contributed by atoms with E-state index in [2.05, 4.69) is 30.6 Å². The maximum atomic E-state index is 12.8. The molecule has 4 rings (SSSR count). The van der Waals surface area contributed by atoms with Crippen LogP contribution in [0.25, 0.3) is 21.8 Å². The normalized spacial score (nSPS) is 11.1. The highest BCUT2D eigenvalue weighted by atomic mass is 16.5. The molecule has 37 heavy (non-hydrogen) atoms. The third kappa shape index (κ3) is 6.42. The number of anilines is 2. The first-order valence-corrected chi connectivity index (χ1v) is 11.8. The van der Waals surface area contributed by atoms with E-state index in [1.165, 1.54) is 0 Å². The Morgan fingerprint density at radius 2 is 1.70 bits per heavy atom. The largest absolute Gasteiger partial charge is 0.493 e. The van der Waals surface area contributed by atoms with Crippen molar-refractivity contribution in [2.75, 3.05) is 59.1 Å². The Hall–Kier alpha value is -4.00. The number of hydrogen-bond acceptors (Lipinski definition) is 11. The minimum atomic E-state index is -0.318. The molecule has 0 bridgehead atoms. The van der Waals surface area contributed by atoms with Crippen molar-refractivity contribution in [2.24, 2.45) is 0 Å². The van der Waals surface area contributed by atoms with Crippen LogP contribution in [0.1, 0.15) is 5.69 Å². The first-order chi connectivity index (χ1) is 18.0. The van der Waals surface area contributed by atoms with Gasteiger partial charge in [-0.2, -0.15) is 0 Å². The van der Waals surface area contributed by atoms with Gasteiger partial charge in [0.05, 0.1) is 56.2 Å². The van der Waals surface area contributed by atoms with Crippen LogP contribution in [0.2, 0.25) is 0 Å². The summed E-state index contributed by atoms with van der Waals surface area (Å²) in [6, 6.07) is 8.75. The number of aromatic nitrogens is 4. The van der Waals surface area contributed by atoms with Crippen LogP contribution in [0.3, 0.4) is 0 Å². The van der Waals surface area contributed by atoms with E-state index < -0.39 is 0 Å². The highest BCUT2D eigenvalue weighted by Gasteiger charge is 2.13. The lowest BCUT2D eigenvalue weighted by molar-refractivity contribution is 0.0935. The average molecular weight is 511 g/mol. The number of rotatable bonds is 13. The molecule has 0 aliphatic rings. The molecule has 0 saturated heterocycles. The summed E-state index contributed by atoms with van der Waals surface area (Å²) >= 11 is 0. The van der Waals surface area contributed by atoms with Crippen LogP contribution >= 0.6 is 0 Å². The van der Waals surface area contributed by atoms with Gasteiger partial charge in [-0.25, -0.2) is 15.0 Å². The number of aryl methyl sites for hydroxylation is 1. The molecule has 196 valence electrons. The van der Waals surface area contributed by atoms with Crippen molar-refractivity contribution >= 4 is 33.7 Å². The topological polar surface area (TPSA) is 153 Å². The molecule has 2 heterocycles. The number of aromatic amines is 1. The van der Waals surface area contributed by atoms with Gasteiger partial charge < -0.3 is 29.4 Å². The number of benzene rings is 2. The molecular weight excluding hydrogens is 480 g/mol. The van der Waals surface area contributed by atoms with Crippen molar-refractivity contribution in [1.82, 2.24) is 25.3 Å². The molecule has 0 unspecified atom stereocenters. The second-order valence-corrected chi connectivity index (χ2v) is 8.01. The van der Waals surface area contributed by atoms with Crippen LogP contribution in [-0.2, 0) is 4.74 Å². The van der Waals surface area contributed by atoms with Gasteiger partial charge in [0.2, 0.25) is 11.9 Å². The summed E-state index contributed by atoms with van der Waals surface area (Å²) in [5.74, 6) is 2.21. The fraction of sp³-hybridized carbons (Fsp3) is 0.360. The summed E-state index contributed by atoms with van der Waals surface area (Å²) in [5, 5.41) is 16.1. The van der Waals surface area contributed by atoms with Crippen LogP contribution in [0.4, 0.5) is 11.9 Å². The van der Waals surface area contributed by atoms with Gasteiger partial charge in [-0.1, -0.05) is 0 Å². The fourth-order valence-electron chi connectivity index (χ4n) is 3.71. The molecule has 0 amide bonds. The van der Waals surface area contributed by atoms with Crippen LogP contribution in [0, 0.1) is 6.92 Å². The van der Waals surface area contributed by atoms with Crippen LogP contribution in [0.5, 0.6) is 17.2 Å². The Labute approximate surface area is 213 Å². The molecule has 2 aromatic carbocycles. The predicted octanol–water partition coefficient (Wildman–Crippen LogP) is 1.91. The summed E-state index contributed by atoms with van der Waals surface area (Å²) in [6.07, 6.45) is 0. The maximum Gasteiger partial charge on any atom is 0.260 e. The molecule has 0 saturated carbocycles. The SMILES string of the molecule is COc1cc2nc(Nc3nc4ccc(OCCNCCOCCO)cc4c(=O)[nH]3)nc(C)c2cc1OC. The zero-order valence-corrected chi connectivity index (χ0v) is 21.0. The van der Waals surface area contributed by atoms with E-state index in [4.69, 9.17) is 24.1 Å². The number of methoxy groups -OCH3 is 2. The number of hydrogen-bond donors (Lipinski definition) is 4. The Morgan fingerprint density at radius 1 is 0.919 bits per heavy atom. The molecule has 12 nitrogen and oxygen atoms in total. The summed E-state index contributed by atoms with van der Waals surface area (Å²) in [6.45, 7) is 4.41. The highest BCUT2D eigenvalue weighted by molar-refractivity contribution is 5.86. The molecule has 0 radical (unpaired) electrons. The van der Waals surface area contributed by atoms with Crippen molar-refractivity contribution < 1.29 is 24.1 Å². The Bertz CT molecular complexity index is 1430. The van der Waals surface area contributed by atoms with E-state index >= 15 is 0 Å². The second-order valence-electron chi connectivity index (χ2n) is 8.01. The van der Waals surface area contributed by atoms with E-state index in [0.717, 1.165) is 11.1 Å². The summed E-state index contributed by atoms with van der Waals surface area (Å²) in [5.41, 5.74) is 1.57. The Balaban J connectivity index is 1.45. The van der Waals surface area contributed by atoms with Crippen molar-refractivity contribution in [1.29, 1.82) is 0 Å². The van der Waals surface area contributed by atoms with Gasteiger partial charge in [-0.3, -0.25) is 15.1 Å². The van der Waals surface area contributed by atoms with E-state index in [1.807, 2.05) is 13.0 Å². The zero-order valence-electron chi connectivity index (χ0n) is 21.0.